The first-order valence-corrected chi connectivity index (χ1v) is 4.28. The summed E-state index contributed by atoms with van der Waals surface area (Å²) in [5.74, 6) is -0.647. The molecule has 0 aliphatic heterocycles. The maximum atomic E-state index is 10.5. The lowest BCUT2D eigenvalue weighted by molar-refractivity contribution is -0.137. The van der Waals surface area contributed by atoms with Crippen LogP contribution in [0.1, 0.15) is 30.1 Å². The lowest BCUT2D eigenvalue weighted by Gasteiger charge is -2.07. The van der Waals surface area contributed by atoms with E-state index in [1.807, 2.05) is 7.05 Å². The van der Waals surface area contributed by atoms with Gasteiger partial charge in [-0.2, -0.15) is 0 Å². The average Bonchev–Trinajstić information content (AvgIpc) is 2.56. The zero-order chi connectivity index (χ0) is 9.42. The number of fused-ring (bicyclic) bond motifs is 1. The van der Waals surface area contributed by atoms with Gasteiger partial charge in [0, 0.05) is 13.0 Å². The Hall–Kier alpha value is -1.39. The Labute approximate surface area is 75.4 Å². The minimum absolute atomic E-state index is 0.104. The van der Waals surface area contributed by atoms with E-state index in [4.69, 9.17) is 5.11 Å². The molecule has 1 aliphatic carbocycles. The highest BCUT2D eigenvalue weighted by atomic mass is 16.4. The standard InChI is InChI=1S/C8H11N3O2/c1-11-8-5(4-7(12)13)2-3-6(8)9-10-11/h5H,2-4H2,1H3,(H,12,13). The van der Waals surface area contributed by atoms with Crippen molar-refractivity contribution in [2.24, 2.45) is 7.05 Å². The molecule has 1 atom stereocenters. The first-order chi connectivity index (χ1) is 6.18. The molecule has 0 fully saturated rings. The first kappa shape index (κ1) is 8.22. The Morgan fingerprint density at radius 2 is 2.54 bits per heavy atom. The summed E-state index contributed by atoms with van der Waals surface area (Å²) in [6, 6.07) is 0. The van der Waals surface area contributed by atoms with Crippen molar-refractivity contribution in [1.82, 2.24) is 15.0 Å². The van der Waals surface area contributed by atoms with E-state index in [1.165, 1.54) is 0 Å². The Morgan fingerprint density at radius 1 is 1.77 bits per heavy atom. The van der Waals surface area contributed by atoms with Gasteiger partial charge >= 0.3 is 5.97 Å². The van der Waals surface area contributed by atoms with E-state index < -0.39 is 5.97 Å². The maximum Gasteiger partial charge on any atom is 0.304 e. The second kappa shape index (κ2) is 2.83. The second-order valence-electron chi connectivity index (χ2n) is 3.38. The molecule has 1 N–H and O–H groups in total. The van der Waals surface area contributed by atoms with Crippen LogP contribution >= 0.6 is 0 Å². The van der Waals surface area contributed by atoms with Gasteiger partial charge in [-0.3, -0.25) is 9.48 Å². The largest absolute Gasteiger partial charge is 0.481 e. The number of hydrogen-bond acceptors (Lipinski definition) is 3. The van der Waals surface area contributed by atoms with E-state index in [0.717, 1.165) is 24.2 Å². The fourth-order valence-corrected chi connectivity index (χ4v) is 1.94. The quantitative estimate of drug-likeness (QED) is 0.713. The highest BCUT2D eigenvalue weighted by Crippen LogP contribution is 2.33. The van der Waals surface area contributed by atoms with Gasteiger partial charge in [0.2, 0.25) is 0 Å². The van der Waals surface area contributed by atoms with Crippen molar-refractivity contribution in [1.29, 1.82) is 0 Å². The molecule has 5 nitrogen and oxygen atoms in total. The Morgan fingerprint density at radius 3 is 3.23 bits per heavy atom. The number of aliphatic carboxylic acids is 1. The third-order valence-electron chi connectivity index (χ3n) is 2.48. The lowest BCUT2D eigenvalue weighted by Crippen LogP contribution is -2.08. The normalized spacial score (nSPS) is 20.2. The van der Waals surface area contributed by atoms with Crippen molar-refractivity contribution >= 4 is 5.97 Å². The van der Waals surface area contributed by atoms with Crippen LogP contribution in [0.5, 0.6) is 0 Å². The molecule has 5 heteroatoms. The fraction of sp³-hybridized carbons (Fsp3) is 0.625. The highest BCUT2D eigenvalue weighted by molar-refractivity contribution is 5.68. The van der Waals surface area contributed by atoms with Crippen molar-refractivity contribution in [2.75, 3.05) is 0 Å². The van der Waals surface area contributed by atoms with E-state index in [-0.39, 0.29) is 12.3 Å². The summed E-state index contributed by atoms with van der Waals surface area (Å²) < 4.78 is 1.69. The first-order valence-electron chi connectivity index (χ1n) is 4.28. The molecule has 0 spiro atoms. The molecular weight excluding hydrogens is 170 g/mol. The van der Waals surface area contributed by atoms with E-state index in [1.54, 1.807) is 4.68 Å². The Bertz CT molecular complexity index is 345. The van der Waals surface area contributed by atoms with Crippen LogP contribution in [-0.4, -0.2) is 26.1 Å². The SMILES string of the molecule is Cn1nnc2c1C(CC(=O)O)CC2. The smallest absolute Gasteiger partial charge is 0.304 e. The molecule has 1 aromatic heterocycles. The summed E-state index contributed by atoms with van der Waals surface area (Å²) in [6.07, 6.45) is 1.94. The topological polar surface area (TPSA) is 68.0 Å². The molecule has 1 aliphatic rings. The molecule has 1 heterocycles. The molecule has 0 amide bonds. The van der Waals surface area contributed by atoms with Gasteiger partial charge in [-0.05, 0) is 12.8 Å². The number of carbonyl (C=O) groups is 1. The number of carboxylic acids is 1. The predicted molar refractivity (Wildman–Crippen MR) is 44.3 cm³/mol. The van der Waals surface area contributed by atoms with Crippen LogP contribution in [0.25, 0.3) is 0 Å². The van der Waals surface area contributed by atoms with Crippen LogP contribution in [0, 0.1) is 0 Å². The molecule has 0 saturated heterocycles. The van der Waals surface area contributed by atoms with E-state index in [0.29, 0.717) is 0 Å². The van der Waals surface area contributed by atoms with Crippen molar-refractivity contribution < 1.29 is 9.90 Å². The van der Waals surface area contributed by atoms with Gasteiger partial charge in [0.1, 0.15) is 0 Å². The fourth-order valence-electron chi connectivity index (χ4n) is 1.94. The van der Waals surface area contributed by atoms with Crippen LogP contribution in [0.4, 0.5) is 0 Å². The minimum Gasteiger partial charge on any atom is -0.481 e. The number of aryl methyl sites for hydroxylation is 2. The summed E-state index contributed by atoms with van der Waals surface area (Å²) in [4.78, 5) is 10.5. The Balaban J connectivity index is 2.26. The Kier molecular flexibility index (Phi) is 1.79. The third kappa shape index (κ3) is 1.30. The third-order valence-corrected chi connectivity index (χ3v) is 2.48. The molecule has 1 unspecified atom stereocenters. The van der Waals surface area contributed by atoms with Gasteiger partial charge in [0.15, 0.2) is 0 Å². The zero-order valence-electron chi connectivity index (χ0n) is 7.40. The monoisotopic (exact) mass is 181 g/mol. The van der Waals surface area contributed by atoms with Crippen LogP contribution in [0.15, 0.2) is 0 Å². The second-order valence-corrected chi connectivity index (χ2v) is 3.38. The van der Waals surface area contributed by atoms with Gasteiger partial charge in [-0.1, -0.05) is 5.21 Å². The highest BCUT2D eigenvalue weighted by Gasteiger charge is 2.29. The molecular formula is C8H11N3O2. The van der Waals surface area contributed by atoms with Crippen molar-refractivity contribution in [3.05, 3.63) is 11.4 Å². The van der Waals surface area contributed by atoms with E-state index in [2.05, 4.69) is 10.3 Å². The minimum atomic E-state index is -0.751. The molecule has 2 rings (SSSR count). The molecule has 0 aromatic carbocycles. The summed E-state index contributed by atoms with van der Waals surface area (Å²) in [5.41, 5.74) is 1.97. The van der Waals surface area contributed by atoms with Crippen LogP contribution in [0.2, 0.25) is 0 Å². The molecule has 0 saturated carbocycles. The number of aromatic nitrogens is 3. The molecule has 0 radical (unpaired) electrons. The molecule has 70 valence electrons. The van der Waals surface area contributed by atoms with Gasteiger partial charge < -0.3 is 5.11 Å². The van der Waals surface area contributed by atoms with Crippen molar-refractivity contribution in [3.8, 4) is 0 Å². The lowest BCUT2D eigenvalue weighted by atomic mass is 10.0. The molecule has 13 heavy (non-hydrogen) atoms. The average molecular weight is 181 g/mol. The summed E-state index contributed by atoms with van der Waals surface area (Å²) in [7, 11) is 1.81. The maximum absolute atomic E-state index is 10.5. The number of hydrogen-bond donors (Lipinski definition) is 1. The summed E-state index contributed by atoms with van der Waals surface area (Å²) in [6.45, 7) is 0. The predicted octanol–water partition coefficient (Wildman–Crippen LogP) is 0.320. The summed E-state index contributed by atoms with van der Waals surface area (Å²) in [5, 5.41) is 16.5. The number of rotatable bonds is 2. The van der Waals surface area contributed by atoms with E-state index >= 15 is 0 Å². The van der Waals surface area contributed by atoms with Gasteiger partial charge in [-0.25, -0.2) is 0 Å². The number of nitrogens with zero attached hydrogens (tertiary/aromatic N) is 3. The zero-order valence-corrected chi connectivity index (χ0v) is 7.40. The summed E-state index contributed by atoms with van der Waals surface area (Å²) >= 11 is 0. The van der Waals surface area contributed by atoms with Crippen molar-refractivity contribution in [3.63, 3.8) is 0 Å². The molecule has 1 aromatic rings. The van der Waals surface area contributed by atoms with Crippen molar-refractivity contribution in [2.45, 2.75) is 25.2 Å². The van der Waals surface area contributed by atoms with Gasteiger partial charge in [-0.15, -0.1) is 5.10 Å². The van der Waals surface area contributed by atoms with Gasteiger partial charge in [0.05, 0.1) is 17.8 Å². The number of carboxylic acid groups (broad SMARTS) is 1. The van der Waals surface area contributed by atoms with Crippen LogP contribution in [0.3, 0.4) is 0 Å². The van der Waals surface area contributed by atoms with Crippen LogP contribution in [-0.2, 0) is 18.3 Å². The molecule has 0 bridgehead atoms. The van der Waals surface area contributed by atoms with E-state index in [9.17, 15) is 4.79 Å². The van der Waals surface area contributed by atoms with Crippen LogP contribution < -0.4 is 0 Å². The van der Waals surface area contributed by atoms with Gasteiger partial charge in [0.25, 0.3) is 0 Å².